The molecule has 1 aliphatic rings. The van der Waals surface area contributed by atoms with Crippen molar-refractivity contribution in [2.75, 3.05) is 18.4 Å². The molecule has 1 aliphatic heterocycles. The number of benzene rings is 1. The lowest BCUT2D eigenvalue weighted by Gasteiger charge is -2.25. The number of aromatic nitrogens is 2. The Morgan fingerprint density at radius 2 is 1.86 bits per heavy atom. The van der Waals surface area contributed by atoms with Gasteiger partial charge in [0, 0.05) is 24.2 Å². The highest BCUT2D eigenvalue weighted by Gasteiger charge is 2.35. The second-order valence-electron chi connectivity index (χ2n) is 10.7. The normalized spacial score (nSPS) is 16.5. The van der Waals surface area contributed by atoms with Gasteiger partial charge in [0.15, 0.2) is 10.8 Å². The monoisotopic (exact) mass is 526 g/mol. The molecule has 35 heavy (non-hydrogen) atoms. The van der Waals surface area contributed by atoms with Crippen molar-refractivity contribution in [1.29, 1.82) is 0 Å². The summed E-state index contributed by atoms with van der Waals surface area (Å²) in [6.07, 6.45) is 0.0584. The Morgan fingerprint density at radius 3 is 2.43 bits per heavy atom. The predicted octanol–water partition coefficient (Wildman–Crippen LogP) is 5.69. The van der Waals surface area contributed by atoms with Crippen LogP contribution in [-0.2, 0) is 16.7 Å². The van der Waals surface area contributed by atoms with E-state index in [-0.39, 0.29) is 41.1 Å². The van der Waals surface area contributed by atoms with Crippen molar-refractivity contribution >= 4 is 41.0 Å². The summed E-state index contributed by atoms with van der Waals surface area (Å²) in [5, 5.41) is 23.7. The van der Waals surface area contributed by atoms with Gasteiger partial charge in [-0.25, -0.2) is 14.6 Å². The molecule has 1 aromatic carbocycles. The molecule has 1 aromatic heterocycles. The molecule has 0 saturated carbocycles. The summed E-state index contributed by atoms with van der Waals surface area (Å²) in [4.78, 5) is 30.4. The molecule has 3 N–H and O–H groups in total. The van der Waals surface area contributed by atoms with Crippen LogP contribution < -0.4 is 5.32 Å². The van der Waals surface area contributed by atoms with E-state index < -0.39 is 17.7 Å². The van der Waals surface area contributed by atoms with E-state index in [0.717, 1.165) is 5.56 Å². The van der Waals surface area contributed by atoms with Gasteiger partial charge in [0.25, 0.3) is 0 Å². The van der Waals surface area contributed by atoms with Crippen molar-refractivity contribution in [2.45, 2.75) is 71.6 Å². The van der Waals surface area contributed by atoms with Gasteiger partial charge in [-0.1, -0.05) is 44.0 Å². The van der Waals surface area contributed by atoms with Crippen LogP contribution in [0.3, 0.4) is 0 Å². The number of hydrogen-bond acceptors (Lipinski definition) is 6. The fourth-order valence-electron chi connectivity index (χ4n) is 4.06. The third-order valence-corrected chi connectivity index (χ3v) is 6.23. The standard InChI is InChI=1S/C24H32Cl2N4O5/c1-23(2,3)14-9-16(17(31)10-15(14)25)27-11-18-28-20(26)19(21(32)33)30(18)13-7-8-29(12-13)22(34)35-24(4,5)6/h9-10,13,27,31H,7-8,11-12H2,1-6H3,(H,32,33). The van der Waals surface area contributed by atoms with E-state index in [2.05, 4.69) is 10.3 Å². The minimum Gasteiger partial charge on any atom is -0.506 e. The van der Waals surface area contributed by atoms with Crippen LogP contribution in [0.15, 0.2) is 12.1 Å². The van der Waals surface area contributed by atoms with Crippen LogP contribution in [0.2, 0.25) is 10.2 Å². The Balaban J connectivity index is 1.89. The maximum absolute atomic E-state index is 12.5. The van der Waals surface area contributed by atoms with Gasteiger partial charge in [0.1, 0.15) is 17.2 Å². The van der Waals surface area contributed by atoms with Crippen LogP contribution in [0, 0.1) is 0 Å². The molecule has 1 saturated heterocycles. The van der Waals surface area contributed by atoms with Gasteiger partial charge in [-0.3, -0.25) is 0 Å². The largest absolute Gasteiger partial charge is 0.506 e. The lowest BCUT2D eigenvalue weighted by molar-refractivity contribution is 0.0289. The van der Waals surface area contributed by atoms with Crippen molar-refractivity contribution in [3.63, 3.8) is 0 Å². The van der Waals surface area contributed by atoms with Gasteiger partial charge in [-0.2, -0.15) is 0 Å². The van der Waals surface area contributed by atoms with Crippen LogP contribution in [-0.4, -0.2) is 55.4 Å². The number of phenolic OH excluding ortho intramolecular Hbond substituents is 1. The van der Waals surface area contributed by atoms with E-state index >= 15 is 0 Å². The maximum atomic E-state index is 12.5. The fourth-order valence-corrected chi connectivity index (χ4v) is 4.77. The van der Waals surface area contributed by atoms with E-state index in [1.807, 2.05) is 20.8 Å². The van der Waals surface area contributed by atoms with Crippen LogP contribution >= 0.6 is 23.2 Å². The number of amides is 1. The number of hydrogen-bond donors (Lipinski definition) is 3. The summed E-state index contributed by atoms with van der Waals surface area (Å²) in [7, 11) is 0. The number of halogens is 2. The Hall–Kier alpha value is -2.65. The predicted molar refractivity (Wildman–Crippen MR) is 135 cm³/mol. The Morgan fingerprint density at radius 1 is 1.20 bits per heavy atom. The average molecular weight is 527 g/mol. The summed E-state index contributed by atoms with van der Waals surface area (Å²) in [6, 6.07) is 2.89. The van der Waals surface area contributed by atoms with Crippen molar-refractivity contribution < 1.29 is 24.5 Å². The van der Waals surface area contributed by atoms with Gasteiger partial charge in [0.05, 0.1) is 18.3 Å². The molecule has 0 bridgehead atoms. The molecule has 9 nitrogen and oxygen atoms in total. The number of phenols is 1. The summed E-state index contributed by atoms with van der Waals surface area (Å²) in [5.74, 6) is -0.883. The van der Waals surface area contributed by atoms with E-state index in [1.54, 1.807) is 36.3 Å². The van der Waals surface area contributed by atoms with Crippen molar-refractivity contribution in [3.05, 3.63) is 39.4 Å². The number of likely N-dealkylation sites (tertiary alicyclic amines) is 1. The first kappa shape index (κ1) is 26.9. The second-order valence-corrected chi connectivity index (χ2v) is 11.4. The number of carboxylic acids is 1. The Labute approximate surface area is 215 Å². The van der Waals surface area contributed by atoms with Crippen molar-refractivity contribution in [3.8, 4) is 5.75 Å². The number of rotatable bonds is 5. The van der Waals surface area contributed by atoms with Gasteiger partial charge in [-0.15, -0.1) is 0 Å². The topological polar surface area (TPSA) is 117 Å². The minimum absolute atomic E-state index is 0.0392. The van der Waals surface area contributed by atoms with E-state index in [9.17, 15) is 19.8 Å². The third kappa shape index (κ3) is 6.13. The molecule has 1 unspecified atom stereocenters. The highest BCUT2D eigenvalue weighted by molar-refractivity contribution is 6.32. The zero-order valence-corrected chi connectivity index (χ0v) is 22.3. The number of nitrogens with one attached hydrogen (secondary N) is 1. The van der Waals surface area contributed by atoms with Gasteiger partial charge in [-0.05, 0) is 44.2 Å². The zero-order valence-electron chi connectivity index (χ0n) is 20.8. The Bertz CT molecular complexity index is 1130. The zero-order chi connectivity index (χ0) is 26.3. The van der Waals surface area contributed by atoms with Crippen LogP contribution in [0.25, 0.3) is 0 Å². The Kier molecular flexibility index (Phi) is 7.53. The smallest absolute Gasteiger partial charge is 0.410 e. The lowest BCUT2D eigenvalue weighted by atomic mass is 9.86. The first-order valence-electron chi connectivity index (χ1n) is 11.3. The van der Waals surface area contributed by atoms with Crippen LogP contribution in [0.1, 0.15) is 75.9 Å². The first-order valence-corrected chi connectivity index (χ1v) is 12.1. The molecule has 2 aromatic rings. The lowest BCUT2D eigenvalue weighted by Crippen LogP contribution is -2.35. The number of nitrogens with zero attached hydrogens (tertiary/aromatic N) is 3. The van der Waals surface area contributed by atoms with E-state index in [0.29, 0.717) is 29.5 Å². The average Bonchev–Trinajstić information content (AvgIpc) is 3.29. The van der Waals surface area contributed by atoms with Gasteiger partial charge in [0.2, 0.25) is 0 Å². The number of carbonyl (C=O) groups is 2. The summed E-state index contributed by atoms with van der Waals surface area (Å²) < 4.78 is 7.01. The molecular weight excluding hydrogens is 495 g/mol. The molecule has 1 atom stereocenters. The van der Waals surface area contributed by atoms with Crippen molar-refractivity contribution in [1.82, 2.24) is 14.5 Å². The summed E-state index contributed by atoms with van der Waals surface area (Å²) >= 11 is 12.5. The molecule has 1 fully saturated rings. The number of imidazole rings is 1. The summed E-state index contributed by atoms with van der Waals surface area (Å²) in [5.41, 5.74) is 0.241. The van der Waals surface area contributed by atoms with Crippen LogP contribution in [0.5, 0.6) is 5.75 Å². The molecule has 3 rings (SSSR count). The molecule has 0 spiro atoms. The van der Waals surface area contributed by atoms with Gasteiger partial charge >= 0.3 is 12.1 Å². The molecule has 1 amide bonds. The highest BCUT2D eigenvalue weighted by Crippen LogP contribution is 2.37. The molecule has 11 heteroatoms. The number of ether oxygens (including phenoxy) is 1. The van der Waals surface area contributed by atoms with E-state index in [4.69, 9.17) is 27.9 Å². The van der Waals surface area contributed by atoms with Crippen molar-refractivity contribution in [2.24, 2.45) is 0 Å². The quantitative estimate of drug-likeness (QED) is 0.428. The number of aromatic carboxylic acids is 1. The molecule has 0 aliphatic carbocycles. The maximum Gasteiger partial charge on any atom is 0.410 e. The van der Waals surface area contributed by atoms with Crippen LogP contribution in [0.4, 0.5) is 10.5 Å². The number of carbonyl (C=O) groups excluding carboxylic acids is 1. The van der Waals surface area contributed by atoms with E-state index in [1.165, 1.54) is 6.07 Å². The number of aromatic hydroxyl groups is 1. The second kappa shape index (κ2) is 9.78. The molecular formula is C24H32Cl2N4O5. The third-order valence-electron chi connectivity index (χ3n) is 5.65. The molecule has 192 valence electrons. The first-order chi connectivity index (χ1) is 16.1. The van der Waals surface area contributed by atoms with Gasteiger partial charge < -0.3 is 29.7 Å². The SMILES string of the molecule is CC(C)(C)OC(=O)N1CCC(n2c(CNc3cc(C(C)(C)C)c(Cl)cc3O)nc(Cl)c2C(=O)O)C1. The number of anilines is 1. The minimum atomic E-state index is -1.21. The molecule has 0 radical (unpaired) electrons. The summed E-state index contributed by atoms with van der Waals surface area (Å²) in [6.45, 7) is 12.2. The fraction of sp³-hybridized carbons (Fsp3) is 0.542. The highest BCUT2D eigenvalue weighted by atomic mass is 35.5. The number of carboxylic acid groups (broad SMARTS) is 1. The molecule has 2 heterocycles.